The van der Waals surface area contributed by atoms with Gasteiger partial charge in [0, 0.05) is 12.0 Å². The fraction of sp³-hybridized carbons (Fsp3) is 0.111. The van der Waals surface area contributed by atoms with Crippen LogP contribution in [0, 0.1) is 5.82 Å². The number of hydrogen-bond acceptors (Lipinski definition) is 3. The minimum Gasteiger partial charge on any atom is -0.493 e. The number of ketones is 1. The molecule has 112 valence electrons. The van der Waals surface area contributed by atoms with Crippen molar-refractivity contribution in [1.29, 1.82) is 0 Å². The molecule has 0 N–H and O–H groups in total. The van der Waals surface area contributed by atoms with Crippen LogP contribution in [0.15, 0.2) is 54.6 Å². The molecule has 3 nitrogen and oxygen atoms in total. The molecule has 4 heteroatoms. The highest BCUT2D eigenvalue weighted by atomic mass is 19.1. The molecule has 0 amide bonds. The fourth-order valence-corrected chi connectivity index (χ4v) is 1.78. The molecule has 22 heavy (non-hydrogen) atoms. The van der Waals surface area contributed by atoms with Crippen molar-refractivity contribution < 1.29 is 18.7 Å². The van der Waals surface area contributed by atoms with Crippen LogP contribution in [0.3, 0.4) is 0 Å². The number of benzene rings is 2. The standard InChI is InChI=1S/C18H15FO3/c19-16-7-5-15(6-8-16)18(21)11-4-14-2-9-17(10-3-14)22-13-1-12-20/h2-12H,1,13H2/b11-4+. The molecular weight excluding hydrogens is 283 g/mol. The van der Waals surface area contributed by atoms with E-state index in [0.717, 1.165) is 11.8 Å². The van der Waals surface area contributed by atoms with Crippen molar-refractivity contribution in [1.82, 2.24) is 0 Å². The number of aldehydes is 1. The molecule has 0 saturated heterocycles. The lowest BCUT2D eigenvalue weighted by atomic mass is 10.1. The molecular formula is C18H15FO3. The number of allylic oxidation sites excluding steroid dienone is 1. The van der Waals surface area contributed by atoms with E-state index in [1.807, 2.05) is 12.1 Å². The molecule has 2 aromatic carbocycles. The number of rotatable bonds is 7. The summed E-state index contributed by atoms with van der Waals surface area (Å²) in [4.78, 5) is 22.1. The molecule has 0 bridgehead atoms. The first-order chi connectivity index (χ1) is 10.7. The molecule has 0 atom stereocenters. The lowest BCUT2D eigenvalue weighted by Crippen LogP contribution is -1.97. The summed E-state index contributed by atoms with van der Waals surface area (Å²) in [5.41, 5.74) is 1.28. The number of hydrogen-bond donors (Lipinski definition) is 0. The van der Waals surface area contributed by atoms with Gasteiger partial charge in [0.2, 0.25) is 0 Å². The van der Waals surface area contributed by atoms with Crippen LogP contribution in [0.1, 0.15) is 22.3 Å². The summed E-state index contributed by atoms with van der Waals surface area (Å²) < 4.78 is 18.1. The highest BCUT2D eigenvalue weighted by molar-refractivity contribution is 6.06. The molecule has 0 fully saturated rings. The smallest absolute Gasteiger partial charge is 0.185 e. The second kappa shape index (κ2) is 7.88. The van der Waals surface area contributed by atoms with Gasteiger partial charge in [0.05, 0.1) is 6.61 Å². The maximum Gasteiger partial charge on any atom is 0.185 e. The lowest BCUT2D eigenvalue weighted by Gasteiger charge is -2.03. The molecule has 0 aliphatic rings. The zero-order valence-electron chi connectivity index (χ0n) is 11.9. The number of ether oxygens (including phenoxy) is 1. The van der Waals surface area contributed by atoms with Crippen molar-refractivity contribution in [2.45, 2.75) is 6.42 Å². The average molecular weight is 298 g/mol. The predicted octanol–water partition coefficient (Wildman–Crippen LogP) is 3.69. The molecule has 0 saturated carbocycles. The summed E-state index contributed by atoms with van der Waals surface area (Å²) in [6.45, 7) is 0.349. The van der Waals surface area contributed by atoms with Crippen molar-refractivity contribution in [2.24, 2.45) is 0 Å². The second-order valence-electron chi connectivity index (χ2n) is 4.58. The van der Waals surface area contributed by atoms with Crippen LogP contribution in [0.25, 0.3) is 6.08 Å². The largest absolute Gasteiger partial charge is 0.493 e. The van der Waals surface area contributed by atoms with Crippen LogP contribution in [0.4, 0.5) is 4.39 Å². The van der Waals surface area contributed by atoms with E-state index < -0.39 is 0 Å². The zero-order chi connectivity index (χ0) is 15.8. The number of halogens is 1. The molecule has 0 aromatic heterocycles. The highest BCUT2D eigenvalue weighted by Crippen LogP contribution is 2.14. The molecule has 2 rings (SSSR count). The maximum absolute atomic E-state index is 12.8. The van der Waals surface area contributed by atoms with E-state index in [-0.39, 0.29) is 11.6 Å². The Morgan fingerprint density at radius 3 is 2.36 bits per heavy atom. The fourth-order valence-electron chi connectivity index (χ4n) is 1.78. The molecule has 0 spiro atoms. The summed E-state index contributed by atoms with van der Waals surface area (Å²) in [5, 5.41) is 0. The van der Waals surface area contributed by atoms with Gasteiger partial charge < -0.3 is 9.53 Å². The monoisotopic (exact) mass is 298 g/mol. The van der Waals surface area contributed by atoms with Gasteiger partial charge in [-0.15, -0.1) is 0 Å². The molecule has 0 radical (unpaired) electrons. The van der Waals surface area contributed by atoms with Crippen LogP contribution >= 0.6 is 0 Å². The van der Waals surface area contributed by atoms with Crippen molar-refractivity contribution >= 4 is 18.1 Å². The van der Waals surface area contributed by atoms with Crippen molar-refractivity contribution in [3.63, 3.8) is 0 Å². The summed E-state index contributed by atoms with van der Waals surface area (Å²) in [6.07, 6.45) is 4.28. The third-order valence-electron chi connectivity index (χ3n) is 2.94. The van der Waals surface area contributed by atoms with Crippen LogP contribution in [-0.2, 0) is 4.79 Å². The van der Waals surface area contributed by atoms with Crippen LogP contribution in [0.5, 0.6) is 5.75 Å². The Bertz CT molecular complexity index is 658. The van der Waals surface area contributed by atoms with Gasteiger partial charge in [-0.3, -0.25) is 4.79 Å². The SMILES string of the molecule is O=CCCOc1ccc(/C=C/C(=O)c2ccc(F)cc2)cc1. The number of carbonyl (C=O) groups is 2. The van der Waals surface area contributed by atoms with Gasteiger partial charge >= 0.3 is 0 Å². The Kier molecular flexibility index (Phi) is 5.60. The maximum atomic E-state index is 12.8. The van der Waals surface area contributed by atoms with Gasteiger partial charge in [0.25, 0.3) is 0 Å². The van der Waals surface area contributed by atoms with Crippen molar-refractivity contribution in [2.75, 3.05) is 6.61 Å². The van der Waals surface area contributed by atoms with Crippen molar-refractivity contribution in [3.05, 3.63) is 71.6 Å². The van der Waals surface area contributed by atoms with Gasteiger partial charge in [-0.2, -0.15) is 0 Å². The first-order valence-corrected chi connectivity index (χ1v) is 6.83. The van der Waals surface area contributed by atoms with E-state index in [4.69, 9.17) is 4.74 Å². The summed E-state index contributed by atoms with van der Waals surface area (Å²) in [5.74, 6) is 0.112. The summed E-state index contributed by atoms with van der Waals surface area (Å²) in [7, 11) is 0. The van der Waals surface area contributed by atoms with Crippen LogP contribution < -0.4 is 4.74 Å². The predicted molar refractivity (Wildman–Crippen MR) is 82.4 cm³/mol. The average Bonchev–Trinajstić information content (AvgIpc) is 2.55. The molecule has 0 aliphatic heterocycles. The molecule has 0 heterocycles. The van der Waals surface area contributed by atoms with E-state index in [0.29, 0.717) is 24.3 Å². The van der Waals surface area contributed by atoms with Gasteiger partial charge in [0.1, 0.15) is 17.9 Å². The Labute approximate surface area is 128 Å². The molecule has 2 aromatic rings. The highest BCUT2D eigenvalue weighted by Gasteiger charge is 2.01. The van der Waals surface area contributed by atoms with E-state index in [1.165, 1.54) is 30.3 Å². The van der Waals surface area contributed by atoms with Gasteiger partial charge in [-0.05, 0) is 48.0 Å². The van der Waals surface area contributed by atoms with Gasteiger partial charge in [0.15, 0.2) is 5.78 Å². The van der Waals surface area contributed by atoms with E-state index in [1.54, 1.807) is 18.2 Å². The topological polar surface area (TPSA) is 43.4 Å². The normalized spacial score (nSPS) is 10.6. The van der Waals surface area contributed by atoms with E-state index in [9.17, 15) is 14.0 Å². The second-order valence-corrected chi connectivity index (χ2v) is 4.58. The van der Waals surface area contributed by atoms with Crippen molar-refractivity contribution in [3.8, 4) is 5.75 Å². The van der Waals surface area contributed by atoms with E-state index >= 15 is 0 Å². The summed E-state index contributed by atoms with van der Waals surface area (Å²) in [6, 6.07) is 12.6. The van der Waals surface area contributed by atoms with Crippen LogP contribution in [-0.4, -0.2) is 18.7 Å². The molecule has 0 unspecified atom stereocenters. The number of carbonyl (C=O) groups excluding carboxylic acids is 2. The third-order valence-corrected chi connectivity index (χ3v) is 2.94. The minimum atomic E-state index is -0.370. The lowest BCUT2D eigenvalue weighted by molar-refractivity contribution is -0.108. The van der Waals surface area contributed by atoms with Gasteiger partial charge in [-0.1, -0.05) is 18.2 Å². The zero-order valence-corrected chi connectivity index (χ0v) is 11.9. The Morgan fingerprint density at radius 2 is 1.73 bits per heavy atom. The molecule has 0 aliphatic carbocycles. The quantitative estimate of drug-likeness (QED) is 0.339. The third kappa shape index (κ3) is 4.66. The van der Waals surface area contributed by atoms with Crippen LogP contribution in [0.2, 0.25) is 0 Å². The minimum absolute atomic E-state index is 0.189. The first kappa shape index (κ1) is 15.6. The van der Waals surface area contributed by atoms with Gasteiger partial charge in [-0.25, -0.2) is 4.39 Å². The summed E-state index contributed by atoms with van der Waals surface area (Å²) >= 11 is 0. The Balaban J connectivity index is 1.96. The Hall–Kier alpha value is -2.75. The van der Waals surface area contributed by atoms with E-state index in [2.05, 4.69) is 0 Å². The first-order valence-electron chi connectivity index (χ1n) is 6.83. The Morgan fingerprint density at radius 1 is 1.05 bits per heavy atom.